The minimum absolute atomic E-state index is 0.0546. The molecule has 114 valence electrons. The van der Waals surface area contributed by atoms with E-state index < -0.39 is 5.97 Å². The highest BCUT2D eigenvalue weighted by Crippen LogP contribution is 2.38. The second-order valence-corrected chi connectivity index (χ2v) is 5.86. The van der Waals surface area contributed by atoms with E-state index in [2.05, 4.69) is 11.6 Å². The second-order valence-electron chi connectivity index (χ2n) is 4.76. The van der Waals surface area contributed by atoms with Crippen LogP contribution in [0.3, 0.4) is 0 Å². The van der Waals surface area contributed by atoms with Crippen LogP contribution >= 0.6 is 11.8 Å². The summed E-state index contributed by atoms with van der Waals surface area (Å²) >= 11 is 1.08. The first-order valence-electron chi connectivity index (χ1n) is 6.40. The van der Waals surface area contributed by atoms with E-state index in [-0.39, 0.29) is 10.7 Å². The van der Waals surface area contributed by atoms with Gasteiger partial charge >= 0.3 is 5.97 Å². The van der Waals surface area contributed by atoms with E-state index in [0.717, 1.165) is 11.8 Å². The van der Waals surface area contributed by atoms with E-state index in [1.807, 2.05) is 0 Å². The Hall–Kier alpha value is -2.47. The van der Waals surface area contributed by atoms with Gasteiger partial charge in [-0.2, -0.15) is 0 Å². The molecule has 0 spiro atoms. The Morgan fingerprint density at radius 2 is 2.09 bits per heavy atom. The van der Waals surface area contributed by atoms with Crippen LogP contribution in [-0.2, 0) is 4.79 Å². The Labute approximate surface area is 132 Å². The fourth-order valence-corrected chi connectivity index (χ4v) is 2.58. The molecule has 1 heterocycles. The quantitative estimate of drug-likeness (QED) is 0.807. The maximum atomic E-state index is 11.2. The van der Waals surface area contributed by atoms with Crippen molar-refractivity contribution >= 4 is 22.6 Å². The third-order valence-electron chi connectivity index (χ3n) is 2.89. The summed E-state index contributed by atoms with van der Waals surface area (Å²) in [6, 6.07) is 4.88. The van der Waals surface area contributed by atoms with Crippen LogP contribution in [0.2, 0.25) is 0 Å². The number of hydrogen-bond donors (Lipinski definition) is 2. The second kappa shape index (κ2) is 6.53. The van der Waals surface area contributed by atoms with Gasteiger partial charge in [-0.05, 0) is 31.5 Å². The zero-order chi connectivity index (χ0) is 16.3. The number of benzene rings is 1. The van der Waals surface area contributed by atoms with Crippen LogP contribution in [0.25, 0.3) is 16.2 Å². The van der Waals surface area contributed by atoms with Gasteiger partial charge in [0.1, 0.15) is 5.75 Å². The van der Waals surface area contributed by atoms with Gasteiger partial charge in [-0.15, -0.1) is 0 Å². The Kier molecular flexibility index (Phi) is 4.72. The predicted molar refractivity (Wildman–Crippen MR) is 86.2 cm³/mol. The van der Waals surface area contributed by atoms with E-state index in [4.69, 9.17) is 4.42 Å². The van der Waals surface area contributed by atoms with E-state index >= 15 is 0 Å². The predicted octanol–water partition coefficient (Wildman–Crippen LogP) is 4.13. The molecule has 2 N–H and O–H groups in total. The number of aromatic hydroxyl groups is 1. The van der Waals surface area contributed by atoms with E-state index in [0.29, 0.717) is 27.4 Å². The van der Waals surface area contributed by atoms with Crippen molar-refractivity contribution in [1.29, 1.82) is 0 Å². The molecule has 5 nitrogen and oxygen atoms in total. The molecule has 0 aliphatic heterocycles. The number of thioether (sulfide) groups is 1. The highest BCUT2D eigenvalue weighted by molar-refractivity contribution is 8.12. The Balaban J connectivity index is 2.34. The van der Waals surface area contributed by atoms with Crippen molar-refractivity contribution in [3.63, 3.8) is 0 Å². The van der Waals surface area contributed by atoms with Gasteiger partial charge in [0.05, 0.1) is 16.7 Å². The van der Waals surface area contributed by atoms with Crippen molar-refractivity contribution in [2.45, 2.75) is 13.8 Å². The Morgan fingerprint density at radius 1 is 1.36 bits per heavy atom. The van der Waals surface area contributed by atoms with Gasteiger partial charge < -0.3 is 14.6 Å². The molecule has 1 aromatic carbocycles. The number of phenolic OH excluding ortho intramolecular Hbond substituents is 1. The van der Waals surface area contributed by atoms with Gasteiger partial charge in [-0.1, -0.05) is 30.0 Å². The number of aliphatic carboxylic acids is 1. The van der Waals surface area contributed by atoms with Crippen molar-refractivity contribution < 1.29 is 19.4 Å². The Bertz CT molecular complexity index is 744. The minimum Gasteiger partial charge on any atom is -0.507 e. The third-order valence-corrected chi connectivity index (χ3v) is 4.16. The van der Waals surface area contributed by atoms with Crippen LogP contribution in [0.1, 0.15) is 19.4 Å². The van der Waals surface area contributed by atoms with E-state index in [1.54, 1.807) is 26.0 Å². The van der Waals surface area contributed by atoms with Crippen molar-refractivity contribution in [3.8, 4) is 17.1 Å². The highest BCUT2D eigenvalue weighted by Gasteiger charge is 2.15. The van der Waals surface area contributed by atoms with Gasteiger partial charge in [-0.25, -0.2) is 9.78 Å². The molecule has 2 rings (SSSR count). The third kappa shape index (κ3) is 3.40. The van der Waals surface area contributed by atoms with Gasteiger partial charge in [0.25, 0.3) is 0 Å². The fraction of sp³-hybridized carbons (Fsp3) is 0.125. The van der Waals surface area contributed by atoms with Gasteiger partial charge in [0.15, 0.2) is 12.2 Å². The molecule has 0 amide bonds. The number of rotatable bonds is 5. The van der Waals surface area contributed by atoms with Crippen LogP contribution in [0.4, 0.5) is 0 Å². The van der Waals surface area contributed by atoms with Gasteiger partial charge in [0.2, 0.25) is 0 Å². The highest BCUT2D eigenvalue weighted by atomic mass is 32.2. The molecule has 1 aromatic heterocycles. The molecule has 6 heteroatoms. The van der Waals surface area contributed by atoms with Crippen LogP contribution in [-0.4, -0.2) is 21.2 Å². The molecular weight excluding hydrogens is 302 g/mol. The molecule has 0 atom stereocenters. The SMILES string of the molecule is C=C(SC(C(=O)O)=C(C)C)c1ccc(O)c(-c2cnco2)c1. The first-order chi connectivity index (χ1) is 10.4. The summed E-state index contributed by atoms with van der Waals surface area (Å²) in [6.07, 6.45) is 2.77. The molecule has 0 radical (unpaired) electrons. The van der Waals surface area contributed by atoms with Crippen molar-refractivity contribution in [3.05, 3.63) is 53.4 Å². The lowest BCUT2D eigenvalue weighted by Gasteiger charge is -2.10. The summed E-state index contributed by atoms with van der Waals surface area (Å²) in [4.78, 5) is 15.9. The average Bonchev–Trinajstić information content (AvgIpc) is 2.98. The minimum atomic E-state index is -0.986. The number of phenols is 1. The molecule has 0 unspecified atom stereocenters. The largest absolute Gasteiger partial charge is 0.507 e. The van der Waals surface area contributed by atoms with Crippen LogP contribution in [0.5, 0.6) is 5.75 Å². The summed E-state index contributed by atoms with van der Waals surface area (Å²) in [6.45, 7) is 7.39. The number of aromatic nitrogens is 1. The molecule has 0 saturated heterocycles. The normalized spacial score (nSPS) is 10.3. The summed E-state index contributed by atoms with van der Waals surface area (Å²) in [5.74, 6) is -0.503. The number of nitrogens with zero attached hydrogens (tertiary/aromatic N) is 1. The molecule has 0 aliphatic carbocycles. The Morgan fingerprint density at radius 3 is 2.64 bits per heavy atom. The van der Waals surface area contributed by atoms with Crippen molar-refractivity contribution in [1.82, 2.24) is 4.98 Å². The lowest BCUT2D eigenvalue weighted by Crippen LogP contribution is -1.99. The van der Waals surface area contributed by atoms with Crippen LogP contribution < -0.4 is 0 Å². The number of carboxylic acid groups (broad SMARTS) is 1. The fourth-order valence-electron chi connectivity index (χ4n) is 1.80. The molecule has 2 aromatic rings. The molecule has 0 aliphatic rings. The lowest BCUT2D eigenvalue weighted by atomic mass is 10.1. The standard InChI is InChI=1S/C16H15NO4S/c1-9(2)15(16(19)20)22-10(3)11-4-5-13(18)12(6-11)14-7-17-8-21-14/h4-8,18H,3H2,1-2H3,(H,19,20). The zero-order valence-electron chi connectivity index (χ0n) is 12.2. The maximum absolute atomic E-state index is 11.2. The summed E-state index contributed by atoms with van der Waals surface area (Å²) in [5, 5.41) is 19.1. The molecule has 0 saturated carbocycles. The molecule has 22 heavy (non-hydrogen) atoms. The van der Waals surface area contributed by atoms with Crippen LogP contribution in [0.15, 0.2) is 52.3 Å². The van der Waals surface area contributed by atoms with E-state index in [1.165, 1.54) is 18.7 Å². The summed E-state index contributed by atoms with van der Waals surface area (Å²) < 4.78 is 5.18. The summed E-state index contributed by atoms with van der Waals surface area (Å²) in [5.41, 5.74) is 1.88. The lowest BCUT2D eigenvalue weighted by molar-refractivity contribution is -0.131. The molecule has 0 fully saturated rings. The van der Waals surface area contributed by atoms with Crippen molar-refractivity contribution in [2.75, 3.05) is 0 Å². The smallest absolute Gasteiger partial charge is 0.342 e. The van der Waals surface area contributed by atoms with Gasteiger partial charge in [0, 0.05) is 4.91 Å². The van der Waals surface area contributed by atoms with Crippen molar-refractivity contribution in [2.24, 2.45) is 0 Å². The monoisotopic (exact) mass is 317 g/mol. The first kappa shape index (κ1) is 15.9. The van der Waals surface area contributed by atoms with E-state index in [9.17, 15) is 15.0 Å². The van der Waals surface area contributed by atoms with Gasteiger partial charge in [-0.3, -0.25) is 0 Å². The topological polar surface area (TPSA) is 83.6 Å². The maximum Gasteiger partial charge on any atom is 0.342 e. The number of allylic oxidation sites excluding steroid dienone is 1. The number of carboxylic acids is 1. The number of carbonyl (C=O) groups is 1. The number of oxazole rings is 1. The molecular formula is C16H15NO4S. The zero-order valence-corrected chi connectivity index (χ0v) is 13.0. The molecule has 0 bridgehead atoms. The first-order valence-corrected chi connectivity index (χ1v) is 7.21. The summed E-state index contributed by atoms with van der Waals surface area (Å²) in [7, 11) is 0. The van der Waals surface area contributed by atoms with Crippen LogP contribution in [0, 0.1) is 0 Å². The number of hydrogen-bond acceptors (Lipinski definition) is 5. The average molecular weight is 317 g/mol.